The highest BCUT2D eigenvalue weighted by molar-refractivity contribution is 5.71. The molecule has 63 heavy (non-hydrogen) atoms. The van der Waals surface area contributed by atoms with E-state index in [1.807, 2.05) is 72.9 Å². The lowest BCUT2D eigenvalue weighted by Gasteiger charge is -2.18. The summed E-state index contributed by atoms with van der Waals surface area (Å²) in [5.41, 5.74) is 0. The van der Waals surface area contributed by atoms with E-state index in [2.05, 4.69) is 57.2 Å². The molecule has 0 radical (unpaired) electrons. The van der Waals surface area contributed by atoms with Crippen LogP contribution in [0.1, 0.15) is 213 Å². The second kappa shape index (κ2) is 50.7. The summed E-state index contributed by atoms with van der Waals surface area (Å²) in [5, 5.41) is 0. The van der Waals surface area contributed by atoms with Crippen LogP contribution in [0.2, 0.25) is 0 Å². The first-order valence-corrected chi connectivity index (χ1v) is 25.5. The van der Waals surface area contributed by atoms with Crippen molar-refractivity contribution in [2.75, 3.05) is 13.2 Å². The van der Waals surface area contributed by atoms with Crippen LogP contribution in [-0.2, 0) is 28.6 Å². The fourth-order valence-corrected chi connectivity index (χ4v) is 6.63. The van der Waals surface area contributed by atoms with E-state index in [4.69, 9.17) is 14.2 Å². The predicted molar refractivity (Wildman–Crippen MR) is 270 cm³/mol. The van der Waals surface area contributed by atoms with Gasteiger partial charge in [-0.15, -0.1) is 0 Å². The molecule has 0 saturated carbocycles. The zero-order chi connectivity index (χ0) is 45.8. The van der Waals surface area contributed by atoms with Crippen molar-refractivity contribution >= 4 is 17.9 Å². The van der Waals surface area contributed by atoms with Gasteiger partial charge in [0.25, 0.3) is 0 Å². The molecule has 0 rings (SSSR count). The molecule has 0 amide bonds. The number of carbonyl (C=O) groups excluding carboxylic acids is 3. The Morgan fingerprint density at radius 3 is 1.14 bits per heavy atom. The zero-order valence-corrected chi connectivity index (χ0v) is 40.5. The SMILES string of the molecule is CC\C=C/C=C\C=C/C=C\C=C\C=C/C=C\CCCCCC(=O)OCC(COC(=O)CCCCCCCCCCC)OC(=O)CCCCCCCCC/C=C\C/C=C\CCCCC. The molecule has 0 N–H and O–H groups in total. The van der Waals surface area contributed by atoms with Crippen LogP contribution in [0.5, 0.6) is 0 Å². The van der Waals surface area contributed by atoms with Gasteiger partial charge in [0.2, 0.25) is 0 Å². The molecule has 1 unspecified atom stereocenters. The second-order valence-electron chi connectivity index (χ2n) is 16.5. The normalized spacial score (nSPS) is 13.0. The molecule has 356 valence electrons. The predicted octanol–water partition coefficient (Wildman–Crippen LogP) is 16.8. The van der Waals surface area contributed by atoms with Crippen molar-refractivity contribution in [1.29, 1.82) is 0 Å². The average molecular weight is 873 g/mol. The van der Waals surface area contributed by atoms with E-state index in [1.54, 1.807) is 0 Å². The monoisotopic (exact) mass is 873 g/mol. The van der Waals surface area contributed by atoms with E-state index in [9.17, 15) is 14.4 Å². The molecule has 0 fully saturated rings. The Balaban J connectivity index is 4.47. The number of ether oxygens (including phenoxy) is 3. The minimum Gasteiger partial charge on any atom is -0.462 e. The van der Waals surface area contributed by atoms with Crippen molar-refractivity contribution in [3.8, 4) is 0 Å². The van der Waals surface area contributed by atoms with E-state index >= 15 is 0 Å². The molecule has 1 atom stereocenters. The Morgan fingerprint density at radius 1 is 0.349 bits per heavy atom. The van der Waals surface area contributed by atoms with Crippen LogP contribution in [0.3, 0.4) is 0 Å². The maximum absolute atomic E-state index is 12.8. The summed E-state index contributed by atoms with van der Waals surface area (Å²) in [4.78, 5) is 37.9. The molecule has 0 spiro atoms. The minimum atomic E-state index is -0.800. The summed E-state index contributed by atoms with van der Waals surface area (Å²) in [6.07, 6.45) is 67.8. The van der Waals surface area contributed by atoms with E-state index in [1.165, 1.54) is 89.9 Å². The molecule has 6 heteroatoms. The lowest BCUT2D eigenvalue weighted by atomic mass is 10.1. The summed E-state index contributed by atoms with van der Waals surface area (Å²) in [6.45, 7) is 6.39. The van der Waals surface area contributed by atoms with Crippen molar-refractivity contribution in [1.82, 2.24) is 0 Å². The third-order valence-corrected chi connectivity index (χ3v) is 10.5. The number of allylic oxidation sites excluding steroid dienone is 18. The van der Waals surface area contributed by atoms with Crippen molar-refractivity contribution in [2.24, 2.45) is 0 Å². The molecule has 0 saturated heterocycles. The van der Waals surface area contributed by atoms with Crippen molar-refractivity contribution in [2.45, 2.75) is 219 Å². The molecule has 0 aromatic carbocycles. The van der Waals surface area contributed by atoms with Gasteiger partial charge in [-0.05, 0) is 70.6 Å². The zero-order valence-electron chi connectivity index (χ0n) is 40.5. The fourth-order valence-electron chi connectivity index (χ4n) is 6.63. The Morgan fingerprint density at radius 2 is 0.683 bits per heavy atom. The molecule has 0 aliphatic heterocycles. The van der Waals surface area contributed by atoms with Crippen LogP contribution < -0.4 is 0 Å². The highest BCUT2D eigenvalue weighted by Crippen LogP contribution is 2.14. The molecule has 0 aromatic heterocycles. The van der Waals surface area contributed by atoms with Crippen LogP contribution in [0.15, 0.2) is 109 Å². The summed E-state index contributed by atoms with van der Waals surface area (Å²) < 4.78 is 16.7. The van der Waals surface area contributed by atoms with Crippen LogP contribution in [0.25, 0.3) is 0 Å². The van der Waals surface area contributed by atoms with E-state index in [-0.39, 0.29) is 31.1 Å². The summed E-state index contributed by atoms with van der Waals surface area (Å²) in [7, 11) is 0. The standard InChI is InChI=1S/C57H92O6/c1-4-7-10-13-16-19-21-23-25-27-28-30-31-33-35-38-41-44-47-50-56(59)62-53-54(52-61-55(58)49-46-43-40-37-18-15-12-9-6-3)63-57(60)51-48-45-42-39-36-34-32-29-26-24-22-20-17-14-11-8-5-2/h7,10,13,16-17,19-21,23-28,30-31,33,35,54H,4-6,8-9,11-12,14-15,18,22,29,32,34,36-53H2,1-3H3/b10-7-,16-13-,20-17-,21-19-,25-23-,26-24-,28-27+,31-30-,35-33-. The number of carbonyl (C=O) groups is 3. The van der Waals surface area contributed by atoms with Gasteiger partial charge in [-0.25, -0.2) is 0 Å². The smallest absolute Gasteiger partial charge is 0.306 e. The quantitative estimate of drug-likeness (QED) is 0.0199. The highest BCUT2D eigenvalue weighted by Gasteiger charge is 2.19. The fraction of sp³-hybridized carbons (Fsp3) is 0.632. The largest absolute Gasteiger partial charge is 0.462 e. The lowest BCUT2D eigenvalue weighted by Crippen LogP contribution is -2.30. The summed E-state index contributed by atoms with van der Waals surface area (Å²) >= 11 is 0. The number of unbranched alkanes of at least 4 members (excludes halogenated alkanes) is 21. The van der Waals surface area contributed by atoms with Gasteiger partial charge in [-0.3, -0.25) is 14.4 Å². The lowest BCUT2D eigenvalue weighted by molar-refractivity contribution is -0.167. The second-order valence-corrected chi connectivity index (χ2v) is 16.5. The molecular weight excluding hydrogens is 781 g/mol. The molecule has 0 aliphatic rings. The molecule has 0 aromatic rings. The van der Waals surface area contributed by atoms with Gasteiger partial charge in [0.05, 0.1) is 0 Å². The molecule has 0 aliphatic carbocycles. The van der Waals surface area contributed by atoms with Crippen molar-refractivity contribution in [3.63, 3.8) is 0 Å². The third-order valence-electron chi connectivity index (χ3n) is 10.5. The number of hydrogen-bond donors (Lipinski definition) is 0. The van der Waals surface area contributed by atoms with Gasteiger partial charge in [-0.2, -0.15) is 0 Å². The Kier molecular flexibility index (Phi) is 47.5. The third kappa shape index (κ3) is 49.0. The molecule has 0 bridgehead atoms. The first-order valence-electron chi connectivity index (χ1n) is 25.5. The maximum Gasteiger partial charge on any atom is 0.306 e. The van der Waals surface area contributed by atoms with Crippen LogP contribution >= 0.6 is 0 Å². The number of esters is 3. The molecule has 6 nitrogen and oxygen atoms in total. The minimum absolute atomic E-state index is 0.0971. The number of hydrogen-bond acceptors (Lipinski definition) is 6. The van der Waals surface area contributed by atoms with Gasteiger partial charge >= 0.3 is 17.9 Å². The van der Waals surface area contributed by atoms with Gasteiger partial charge < -0.3 is 14.2 Å². The Labute approximate surface area is 387 Å². The maximum atomic E-state index is 12.8. The van der Waals surface area contributed by atoms with Crippen LogP contribution in [0, 0.1) is 0 Å². The van der Waals surface area contributed by atoms with Crippen molar-refractivity contribution < 1.29 is 28.6 Å². The van der Waals surface area contributed by atoms with E-state index in [0.717, 1.165) is 83.5 Å². The molecular formula is C57H92O6. The first kappa shape index (κ1) is 59.1. The van der Waals surface area contributed by atoms with Gasteiger partial charge in [0.15, 0.2) is 6.10 Å². The number of rotatable bonds is 44. The summed E-state index contributed by atoms with van der Waals surface area (Å²) in [6, 6.07) is 0. The Bertz CT molecular complexity index is 1330. The molecule has 0 heterocycles. The van der Waals surface area contributed by atoms with Crippen LogP contribution in [0.4, 0.5) is 0 Å². The first-order chi connectivity index (χ1) is 31.0. The summed E-state index contributed by atoms with van der Waals surface area (Å²) in [5.74, 6) is -0.960. The Hall–Kier alpha value is -3.93. The van der Waals surface area contributed by atoms with E-state index < -0.39 is 6.10 Å². The highest BCUT2D eigenvalue weighted by atomic mass is 16.6. The average Bonchev–Trinajstić information content (AvgIpc) is 3.28. The van der Waals surface area contributed by atoms with E-state index in [0.29, 0.717) is 19.3 Å². The van der Waals surface area contributed by atoms with Crippen molar-refractivity contribution in [3.05, 3.63) is 109 Å². The van der Waals surface area contributed by atoms with Gasteiger partial charge in [-0.1, -0.05) is 233 Å². The topological polar surface area (TPSA) is 78.9 Å². The van der Waals surface area contributed by atoms with Gasteiger partial charge in [0, 0.05) is 19.3 Å². The van der Waals surface area contributed by atoms with Gasteiger partial charge in [0.1, 0.15) is 13.2 Å². The van der Waals surface area contributed by atoms with Crippen LogP contribution in [-0.4, -0.2) is 37.2 Å².